The highest BCUT2D eigenvalue weighted by atomic mass is 19.4. The molecule has 1 aromatic heterocycles. The monoisotopic (exact) mass is 279 g/mol. The predicted molar refractivity (Wildman–Crippen MR) is 56.8 cm³/mol. The molecule has 1 heterocycles. The van der Waals surface area contributed by atoms with Crippen molar-refractivity contribution in [2.75, 3.05) is 18.0 Å². The van der Waals surface area contributed by atoms with Gasteiger partial charge >= 0.3 is 18.0 Å². The van der Waals surface area contributed by atoms with E-state index in [9.17, 15) is 28.1 Å². The highest BCUT2D eigenvalue weighted by molar-refractivity contribution is 5.73. The van der Waals surface area contributed by atoms with Crippen LogP contribution in [-0.4, -0.2) is 40.2 Å². The SMILES string of the molecule is O=C(O)CN(CC(F)(F)F)c1ccc([N+](=O)[O-])nc1. The summed E-state index contributed by atoms with van der Waals surface area (Å²) < 4.78 is 36.9. The maximum Gasteiger partial charge on any atom is 0.405 e. The van der Waals surface area contributed by atoms with Crippen LogP contribution in [0.5, 0.6) is 0 Å². The number of anilines is 1. The van der Waals surface area contributed by atoms with Gasteiger partial charge in [0.05, 0.1) is 5.69 Å². The molecule has 0 saturated carbocycles. The molecule has 19 heavy (non-hydrogen) atoms. The molecule has 0 aliphatic heterocycles. The number of carboxylic acids is 1. The van der Waals surface area contributed by atoms with E-state index in [1.54, 1.807) is 0 Å². The number of alkyl halides is 3. The second-order valence-corrected chi connectivity index (χ2v) is 3.50. The molecular weight excluding hydrogens is 271 g/mol. The lowest BCUT2D eigenvalue weighted by molar-refractivity contribution is -0.389. The molecule has 10 heteroatoms. The minimum Gasteiger partial charge on any atom is -0.480 e. The fourth-order valence-electron chi connectivity index (χ4n) is 1.29. The lowest BCUT2D eigenvalue weighted by Gasteiger charge is -2.22. The molecular formula is C9H8F3N3O4. The summed E-state index contributed by atoms with van der Waals surface area (Å²) in [6.07, 6.45) is -3.77. The van der Waals surface area contributed by atoms with Crippen LogP contribution in [0.4, 0.5) is 24.7 Å². The maximum absolute atomic E-state index is 12.3. The Morgan fingerprint density at radius 1 is 1.47 bits per heavy atom. The third kappa shape index (κ3) is 4.77. The quantitative estimate of drug-likeness (QED) is 0.647. The van der Waals surface area contributed by atoms with Crippen molar-refractivity contribution in [3.8, 4) is 0 Å². The Bertz CT molecular complexity index is 475. The molecule has 0 aromatic carbocycles. The first-order valence-electron chi connectivity index (χ1n) is 4.83. The van der Waals surface area contributed by atoms with Gasteiger partial charge in [0, 0.05) is 6.07 Å². The van der Waals surface area contributed by atoms with Gasteiger partial charge in [-0.15, -0.1) is 0 Å². The third-order valence-electron chi connectivity index (χ3n) is 1.98. The van der Waals surface area contributed by atoms with Gasteiger partial charge in [0.25, 0.3) is 0 Å². The van der Waals surface area contributed by atoms with Crippen LogP contribution in [0.15, 0.2) is 18.3 Å². The van der Waals surface area contributed by atoms with Crippen LogP contribution in [0.25, 0.3) is 0 Å². The van der Waals surface area contributed by atoms with Crippen molar-refractivity contribution >= 4 is 17.5 Å². The van der Waals surface area contributed by atoms with Crippen LogP contribution in [0, 0.1) is 10.1 Å². The van der Waals surface area contributed by atoms with Crippen molar-refractivity contribution in [1.82, 2.24) is 4.98 Å². The van der Waals surface area contributed by atoms with Crippen molar-refractivity contribution in [2.24, 2.45) is 0 Å². The van der Waals surface area contributed by atoms with E-state index in [-0.39, 0.29) is 5.69 Å². The molecule has 1 N–H and O–H groups in total. The average Bonchev–Trinajstić information content (AvgIpc) is 2.25. The van der Waals surface area contributed by atoms with E-state index in [2.05, 4.69) is 4.98 Å². The van der Waals surface area contributed by atoms with Gasteiger partial charge in [0.15, 0.2) is 6.20 Å². The molecule has 0 bridgehead atoms. The standard InChI is InChI=1S/C9H8F3N3O4/c10-9(11,12)5-14(4-8(16)17)6-1-2-7(13-3-6)15(18)19/h1-3H,4-5H2,(H,16,17). The van der Waals surface area contributed by atoms with E-state index in [0.29, 0.717) is 4.90 Å². The van der Waals surface area contributed by atoms with Crippen molar-refractivity contribution < 1.29 is 28.0 Å². The Hall–Kier alpha value is -2.39. The Balaban J connectivity index is 2.96. The molecule has 0 unspecified atom stereocenters. The van der Waals surface area contributed by atoms with E-state index in [4.69, 9.17) is 5.11 Å². The molecule has 104 valence electrons. The molecule has 1 rings (SSSR count). The van der Waals surface area contributed by atoms with Gasteiger partial charge in [0.2, 0.25) is 0 Å². The zero-order valence-corrected chi connectivity index (χ0v) is 9.29. The average molecular weight is 279 g/mol. The number of halogens is 3. The number of nitrogens with zero attached hydrogens (tertiary/aromatic N) is 3. The summed E-state index contributed by atoms with van der Waals surface area (Å²) in [6.45, 7) is -2.38. The lowest BCUT2D eigenvalue weighted by atomic mass is 10.3. The first-order valence-corrected chi connectivity index (χ1v) is 4.83. The number of hydrogen-bond acceptors (Lipinski definition) is 5. The Labute approximate surface area is 104 Å². The van der Waals surface area contributed by atoms with E-state index in [1.807, 2.05) is 0 Å². The second-order valence-electron chi connectivity index (χ2n) is 3.50. The summed E-state index contributed by atoms with van der Waals surface area (Å²) in [5.41, 5.74) is -0.162. The van der Waals surface area contributed by atoms with Gasteiger partial charge in [-0.05, 0) is 16.0 Å². The zero-order valence-electron chi connectivity index (χ0n) is 9.29. The lowest BCUT2D eigenvalue weighted by Crippen LogP contribution is -2.38. The van der Waals surface area contributed by atoms with Gasteiger partial charge in [0.1, 0.15) is 13.1 Å². The van der Waals surface area contributed by atoms with Crippen LogP contribution in [-0.2, 0) is 4.79 Å². The summed E-state index contributed by atoms with van der Waals surface area (Å²) in [7, 11) is 0. The van der Waals surface area contributed by atoms with Gasteiger partial charge < -0.3 is 20.1 Å². The maximum atomic E-state index is 12.3. The van der Waals surface area contributed by atoms with Gasteiger partial charge in [-0.2, -0.15) is 13.2 Å². The van der Waals surface area contributed by atoms with E-state index < -0.39 is 36.0 Å². The number of aliphatic carboxylic acids is 1. The van der Waals surface area contributed by atoms with Gasteiger partial charge in [-0.3, -0.25) is 4.79 Å². The summed E-state index contributed by atoms with van der Waals surface area (Å²) in [6, 6.07) is 1.92. The first kappa shape index (κ1) is 14.7. The van der Waals surface area contributed by atoms with Gasteiger partial charge in [-0.1, -0.05) is 0 Å². The van der Waals surface area contributed by atoms with Crippen LogP contribution in [0.3, 0.4) is 0 Å². The minimum atomic E-state index is -4.60. The number of hydrogen-bond donors (Lipinski definition) is 1. The molecule has 0 spiro atoms. The first-order chi connectivity index (χ1) is 8.69. The summed E-state index contributed by atoms with van der Waals surface area (Å²) >= 11 is 0. The molecule has 0 amide bonds. The van der Waals surface area contributed by atoms with Crippen molar-refractivity contribution in [3.63, 3.8) is 0 Å². The number of pyridine rings is 1. The number of carboxylic acid groups (broad SMARTS) is 1. The van der Waals surface area contributed by atoms with Crippen LogP contribution >= 0.6 is 0 Å². The molecule has 7 nitrogen and oxygen atoms in total. The second kappa shape index (κ2) is 5.50. The van der Waals surface area contributed by atoms with Crippen molar-refractivity contribution in [2.45, 2.75) is 6.18 Å². The molecule has 0 radical (unpaired) electrons. The number of carbonyl (C=O) groups is 1. The largest absolute Gasteiger partial charge is 0.480 e. The Morgan fingerprint density at radius 3 is 2.47 bits per heavy atom. The highest BCUT2D eigenvalue weighted by Crippen LogP contribution is 2.22. The van der Waals surface area contributed by atoms with Crippen LogP contribution < -0.4 is 4.90 Å². The smallest absolute Gasteiger partial charge is 0.405 e. The molecule has 0 saturated heterocycles. The fraction of sp³-hybridized carbons (Fsp3) is 0.333. The number of aromatic nitrogens is 1. The van der Waals surface area contributed by atoms with Crippen LogP contribution in [0.2, 0.25) is 0 Å². The van der Waals surface area contributed by atoms with E-state index >= 15 is 0 Å². The van der Waals surface area contributed by atoms with Crippen LogP contribution in [0.1, 0.15) is 0 Å². The predicted octanol–water partition coefficient (Wildman–Crippen LogP) is 1.44. The Morgan fingerprint density at radius 2 is 2.11 bits per heavy atom. The fourth-order valence-corrected chi connectivity index (χ4v) is 1.29. The van der Waals surface area contributed by atoms with E-state index in [1.165, 1.54) is 0 Å². The number of nitro groups is 1. The third-order valence-corrected chi connectivity index (χ3v) is 1.98. The Kier molecular flexibility index (Phi) is 4.25. The highest BCUT2D eigenvalue weighted by Gasteiger charge is 2.32. The summed E-state index contributed by atoms with van der Waals surface area (Å²) in [5.74, 6) is -1.99. The zero-order chi connectivity index (χ0) is 14.6. The molecule has 0 aliphatic rings. The minimum absolute atomic E-state index is 0.162. The molecule has 0 atom stereocenters. The summed E-state index contributed by atoms with van der Waals surface area (Å²) in [5, 5.41) is 18.9. The van der Waals surface area contributed by atoms with Gasteiger partial charge in [-0.25, -0.2) is 0 Å². The molecule has 0 fully saturated rings. The molecule has 1 aromatic rings. The van der Waals surface area contributed by atoms with E-state index in [0.717, 1.165) is 18.3 Å². The topological polar surface area (TPSA) is 96.6 Å². The normalized spacial score (nSPS) is 11.1. The van der Waals surface area contributed by atoms with Crippen molar-refractivity contribution in [1.29, 1.82) is 0 Å². The van der Waals surface area contributed by atoms with Crippen molar-refractivity contribution in [3.05, 3.63) is 28.4 Å². The number of rotatable bonds is 5. The molecule has 0 aliphatic carbocycles. The summed E-state index contributed by atoms with van der Waals surface area (Å²) in [4.78, 5) is 23.9.